The topological polar surface area (TPSA) is 124 Å². The first-order valence-corrected chi connectivity index (χ1v) is 10.5. The van der Waals surface area contributed by atoms with Gasteiger partial charge in [0.15, 0.2) is 5.82 Å². The number of nitrogens with zero attached hydrogens (tertiary/aromatic N) is 3. The molecule has 9 heteroatoms. The van der Waals surface area contributed by atoms with E-state index in [9.17, 15) is 14.7 Å². The van der Waals surface area contributed by atoms with Crippen LogP contribution in [0.3, 0.4) is 0 Å². The quantitative estimate of drug-likeness (QED) is 0.432. The van der Waals surface area contributed by atoms with Crippen molar-refractivity contribution in [2.24, 2.45) is 0 Å². The zero-order valence-electron chi connectivity index (χ0n) is 18.8. The summed E-state index contributed by atoms with van der Waals surface area (Å²) in [6, 6.07) is 11.4. The van der Waals surface area contributed by atoms with Crippen molar-refractivity contribution in [3.8, 4) is 22.9 Å². The third kappa shape index (κ3) is 4.83. The highest BCUT2D eigenvalue weighted by Crippen LogP contribution is 2.29. The Morgan fingerprint density at radius 1 is 1.06 bits per heavy atom. The molecule has 9 nitrogen and oxygen atoms in total. The Balaban J connectivity index is 1.56. The smallest absolute Gasteiger partial charge is 0.419 e. The third-order valence-electron chi connectivity index (χ3n) is 4.85. The number of rotatable bonds is 5. The van der Waals surface area contributed by atoms with Gasteiger partial charge in [-0.2, -0.15) is 0 Å². The van der Waals surface area contributed by atoms with E-state index in [-0.39, 0.29) is 17.9 Å². The maximum Gasteiger partial charge on any atom is 0.419 e. The lowest BCUT2D eigenvalue weighted by Gasteiger charge is -2.19. The summed E-state index contributed by atoms with van der Waals surface area (Å²) >= 11 is 0. The number of aromatic nitrogens is 3. The van der Waals surface area contributed by atoms with Crippen molar-refractivity contribution in [1.29, 1.82) is 0 Å². The molecular weight excluding hydrogens is 438 g/mol. The summed E-state index contributed by atoms with van der Waals surface area (Å²) in [5.74, 6) is -0.862. The minimum absolute atomic E-state index is 0.101. The first kappa shape index (κ1) is 22.8. The first-order valence-electron chi connectivity index (χ1n) is 10.5. The number of carboxylic acid groups (broad SMARTS) is 1. The van der Waals surface area contributed by atoms with Crippen LogP contribution in [0.1, 0.15) is 36.7 Å². The highest BCUT2D eigenvalue weighted by molar-refractivity contribution is 5.99. The summed E-state index contributed by atoms with van der Waals surface area (Å²) < 4.78 is 12.6. The van der Waals surface area contributed by atoms with Gasteiger partial charge < -0.3 is 19.7 Å². The van der Waals surface area contributed by atoms with E-state index >= 15 is 0 Å². The Morgan fingerprint density at radius 3 is 2.44 bits per heavy atom. The van der Waals surface area contributed by atoms with Gasteiger partial charge in [0.1, 0.15) is 29.3 Å². The zero-order chi connectivity index (χ0) is 24.5. The summed E-state index contributed by atoms with van der Waals surface area (Å²) in [6.07, 6.45) is 4.37. The molecular formula is C25H23N3O6. The first-order chi connectivity index (χ1) is 16.1. The number of carbonyl (C=O) groups excluding carboxylic acids is 1. The van der Waals surface area contributed by atoms with Gasteiger partial charge >= 0.3 is 12.1 Å². The standard InChI is InChI=1S/C25H23N3O6/c1-25(2,3)34-24(32)28-13-19(17-6-4-5-7-20(17)28)22-26-11-15(12-27-22)14-33-16-8-9-21(29)18(10-16)23(30)31/h4-13,29H,14H2,1-3H3,(H,30,31). The van der Waals surface area contributed by atoms with E-state index in [0.29, 0.717) is 28.2 Å². The number of aromatic carboxylic acids is 1. The molecule has 2 aromatic carbocycles. The molecule has 4 rings (SSSR count). The summed E-state index contributed by atoms with van der Waals surface area (Å²) in [5.41, 5.74) is 1.14. The van der Waals surface area contributed by atoms with Gasteiger partial charge in [0, 0.05) is 35.1 Å². The van der Waals surface area contributed by atoms with Crippen molar-refractivity contribution < 1.29 is 29.3 Å². The molecule has 0 unspecified atom stereocenters. The van der Waals surface area contributed by atoms with Gasteiger partial charge in [0.2, 0.25) is 0 Å². The van der Waals surface area contributed by atoms with Gasteiger partial charge in [-0.3, -0.25) is 4.57 Å². The van der Waals surface area contributed by atoms with Gasteiger partial charge in [-0.1, -0.05) is 18.2 Å². The number of phenols is 1. The van der Waals surface area contributed by atoms with Crippen LogP contribution in [0.15, 0.2) is 61.1 Å². The van der Waals surface area contributed by atoms with Gasteiger partial charge in [0.05, 0.1) is 5.52 Å². The molecule has 0 amide bonds. The Labute approximate surface area is 195 Å². The molecule has 0 bridgehead atoms. The lowest BCUT2D eigenvalue weighted by Crippen LogP contribution is -2.26. The molecule has 0 atom stereocenters. The predicted molar refractivity (Wildman–Crippen MR) is 124 cm³/mol. The monoisotopic (exact) mass is 461 g/mol. The molecule has 0 aliphatic rings. The van der Waals surface area contributed by atoms with Crippen LogP contribution < -0.4 is 4.74 Å². The van der Waals surface area contributed by atoms with E-state index in [4.69, 9.17) is 14.6 Å². The molecule has 34 heavy (non-hydrogen) atoms. The lowest BCUT2D eigenvalue weighted by molar-refractivity contribution is 0.0543. The van der Waals surface area contributed by atoms with Crippen LogP contribution in [0.5, 0.6) is 11.5 Å². The molecule has 0 radical (unpaired) electrons. The van der Waals surface area contributed by atoms with E-state index < -0.39 is 17.7 Å². The van der Waals surface area contributed by atoms with E-state index in [0.717, 1.165) is 5.39 Å². The molecule has 0 spiro atoms. The van der Waals surface area contributed by atoms with Gasteiger partial charge in [0.25, 0.3) is 0 Å². The number of aromatic hydroxyl groups is 1. The predicted octanol–water partition coefficient (Wildman–Crippen LogP) is 4.86. The summed E-state index contributed by atoms with van der Waals surface area (Å²) in [7, 11) is 0. The van der Waals surface area contributed by atoms with Crippen LogP contribution in [0, 0.1) is 0 Å². The van der Waals surface area contributed by atoms with E-state index in [1.807, 2.05) is 45.0 Å². The molecule has 2 N–H and O–H groups in total. The molecule has 4 aromatic rings. The molecule has 0 saturated carbocycles. The number of para-hydroxylation sites is 1. The van der Waals surface area contributed by atoms with Crippen molar-refractivity contribution in [1.82, 2.24) is 14.5 Å². The number of fused-ring (bicyclic) bond motifs is 1. The second-order valence-corrected chi connectivity index (χ2v) is 8.60. The number of benzene rings is 2. The normalized spacial score (nSPS) is 11.4. The van der Waals surface area contributed by atoms with Crippen LogP contribution >= 0.6 is 0 Å². The van der Waals surface area contributed by atoms with Crippen molar-refractivity contribution in [3.63, 3.8) is 0 Å². The average Bonchev–Trinajstić information content (AvgIpc) is 3.17. The van der Waals surface area contributed by atoms with Crippen molar-refractivity contribution in [2.45, 2.75) is 33.0 Å². The van der Waals surface area contributed by atoms with Gasteiger partial charge in [-0.05, 0) is 45.0 Å². The molecule has 174 valence electrons. The van der Waals surface area contributed by atoms with Gasteiger partial charge in [-0.25, -0.2) is 19.6 Å². The summed E-state index contributed by atoms with van der Waals surface area (Å²) in [4.78, 5) is 32.7. The fourth-order valence-electron chi connectivity index (χ4n) is 3.33. The van der Waals surface area contributed by atoms with Crippen molar-refractivity contribution in [3.05, 3.63) is 72.2 Å². The van der Waals surface area contributed by atoms with Crippen molar-refractivity contribution in [2.75, 3.05) is 0 Å². The number of carbonyl (C=O) groups is 2. The Hall–Kier alpha value is -4.40. The van der Waals surface area contributed by atoms with Crippen LogP contribution in [-0.4, -0.2) is 42.4 Å². The highest BCUT2D eigenvalue weighted by atomic mass is 16.6. The Kier molecular flexibility index (Phi) is 5.93. The van der Waals surface area contributed by atoms with E-state index in [2.05, 4.69) is 9.97 Å². The molecule has 2 aromatic heterocycles. The molecule has 0 fully saturated rings. The SMILES string of the molecule is CC(C)(C)OC(=O)n1cc(-c2ncc(COc3ccc(O)c(C(=O)O)c3)cn2)c2ccccc21. The minimum Gasteiger partial charge on any atom is -0.507 e. The van der Waals surface area contributed by atoms with Crippen LogP contribution in [0.2, 0.25) is 0 Å². The van der Waals surface area contributed by atoms with Crippen LogP contribution in [0.4, 0.5) is 4.79 Å². The summed E-state index contributed by atoms with van der Waals surface area (Å²) in [6.45, 7) is 5.52. The summed E-state index contributed by atoms with van der Waals surface area (Å²) in [5, 5.41) is 19.5. The van der Waals surface area contributed by atoms with Gasteiger partial charge in [-0.15, -0.1) is 0 Å². The van der Waals surface area contributed by atoms with Crippen LogP contribution in [-0.2, 0) is 11.3 Å². The maximum absolute atomic E-state index is 12.7. The molecule has 2 heterocycles. The number of ether oxygens (including phenoxy) is 2. The number of carboxylic acids is 1. The fourth-order valence-corrected chi connectivity index (χ4v) is 3.33. The van der Waals surface area contributed by atoms with E-state index in [1.165, 1.54) is 22.8 Å². The second-order valence-electron chi connectivity index (χ2n) is 8.60. The molecule has 0 aliphatic heterocycles. The minimum atomic E-state index is -1.25. The second kappa shape index (κ2) is 8.86. The third-order valence-corrected chi connectivity index (χ3v) is 4.85. The van der Waals surface area contributed by atoms with E-state index in [1.54, 1.807) is 18.6 Å². The fraction of sp³-hybridized carbons (Fsp3) is 0.200. The number of hydrogen-bond donors (Lipinski definition) is 2. The number of hydrogen-bond acceptors (Lipinski definition) is 7. The zero-order valence-corrected chi connectivity index (χ0v) is 18.8. The van der Waals surface area contributed by atoms with Crippen LogP contribution in [0.25, 0.3) is 22.3 Å². The van der Waals surface area contributed by atoms with Crippen molar-refractivity contribution >= 4 is 23.0 Å². The molecule has 0 saturated heterocycles. The Bertz CT molecular complexity index is 1370. The highest BCUT2D eigenvalue weighted by Gasteiger charge is 2.22. The Morgan fingerprint density at radius 2 is 1.76 bits per heavy atom. The maximum atomic E-state index is 12.7. The molecule has 0 aliphatic carbocycles. The lowest BCUT2D eigenvalue weighted by atomic mass is 10.1. The largest absolute Gasteiger partial charge is 0.507 e. The average molecular weight is 461 g/mol.